The van der Waals surface area contributed by atoms with Gasteiger partial charge in [-0.25, -0.2) is 4.98 Å². The maximum Gasteiger partial charge on any atom is 0.0946 e. The number of nitrogens with two attached hydrogens (primary N) is 1. The van der Waals surface area contributed by atoms with Crippen LogP contribution in [0.15, 0.2) is 36.9 Å². The van der Waals surface area contributed by atoms with E-state index in [4.69, 9.17) is 5.73 Å². The topological polar surface area (TPSA) is 55.9 Å². The van der Waals surface area contributed by atoms with Crippen molar-refractivity contribution in [3.63, 3.8) is 0 Å². The van der Waals surface area contributed by atoms with Gasteiger partial charge in [0.15, 0.2) is 0 Å². The molecule has 0 saturated heterocycles. The molecule has 0 fully saturated rings. The number of nitrogens with one attached hydrogen (secondary N) is 1. The van der Waals surface area contributed by atoms with Gasteiger partial charge in [0.2, 0.25) is 0 Å². The van der Waals surface area contributed by atoms with Crippen molar-refractivity contribution >= 4 is 11.4 Å². The first-order valence-electron chi connectivity index (χ1n) is 5.32. The molecule has 0 unspecified atom stereocenters. The van der Waals surface area contributed by atoms with Gasteiger partial charge in [-0.1, -0.05) is 12.1 Å². The van der Waals surface area contributed by atoms with Gasteiger partial charge in [0.1, 0.15) is 0 Å². The second kappa shape index (κ2) is 4.70. The van der Waals surface area contributed by atoms with E-state index >= 15 is 0 Å². The maximum absolute atomic E-state index is 5.96. The maximum atomic E-state index is 5.96. The summed E-state index contributed by atoms with van der Waals surface area (Å²) in [5.74, 6) is 0. The van der Waals surface area contributed by atoms with Crippen LogP contribution >= 0.6 is 0 Å². The Labute approximate surface area is 95.1 Å². The molecular weight excluding hydrogens is 200 g/mol. The molecule has 4 nitrogen and oxygen atoms in total. The molecule has 0 aliphatic rings. The lowest BCUT2D eigenvalue weighted by Gasteiger charge is -2.11. The second-order valence-electron chi connectivity index (χ2n) is 3.76. The number of hydrogen-bond acceptors (Lipinski definition) is 3. The Balaban J connectivity index is 1.92. The number of imidazole rings is 1. The van der Waals surface area contributed by atoms with Crippen LogP contribution in [0.1, 0.15) is 5.56 Å². The highest BCUT2D eigenvalue weighted by atomic mass is 15.0. The van der Waals surface area contributed by atoms with Gasteiger partial charge < -0.3 is 15.6 Å². The number of anilines is 2. The van der Waals surface area contributed by atoms with Gasteiger partial charge in [-0.3, -0.25) is 0 Å². The number of aromatic nitrogens is 2. The fraction of sp³-hybridized carbons (Fsp3) is 0.250. The second-order valence-corrected chi connectivity index (χ2v) is 3.76. The van der Waals surface area contributed by atoms with Crippen molar-refractivity contribution in [1.82, 2.24) is 9.55 Å². The highest BCUT2D eigenvalue weighted by Crippen LogP contribution is 2.21. The molecule has 0 atom stereocenters. The monoisotopic (exact) mass is 216 g/mol. The van der Waals surface area contributed by atoms with Gasteiger partial charge in [0, 0.05) is 25.5 Å². The summed E-state index contributed by atoms with van der Waals surface area (Å²) < 4.78 is 2.03. The SMILES string of the molecule is Cc1cccc(NCCn2ccnc2)c1N. The first-order chi connectivity index (χ1) is 7.77. The van der Waals surface area contributed by atoms with E-state index in [1.54, 1.807) is 12.5 Å². The molecule has 1 heterocycles. The summed E-state index contributed by atoms with van der Waals surface area (Å²) in [5.41, 5.74) is 8.89. The Morgan fingerprint density at radius 2 is 2.31 bits per heavy atom. The predicted octanol–water partition coefficient (Wildman–Crippen LogP) is 1.89. The number of nitrogen functional groups attached to an aromatic ring is 1. The van der Waals surface area contributed by atoms with Crippen molar-refractivity contribution in [2.75, 3.05) is 17.6 Å². The zero-order valence-corrected chi connectivity index (χ0v) is 9.35. The van der Waals surface area contributed by atoms with Crippen molar-refractivity contribution in [3.8, 4) is 0 Å². The summed E-state index contributed by atoms with van der Waals surface area (Å²) >= 11 is 0. The summed E-state index contributed by atoms with van der Waals surface area (Å²) in [7, 11) is 0. The molecule has 0 aliphatic heterocycles. The van der Waals surface area contributed by atoms with Gasteiger partial charge >= 0.3 is 0 Å². The lowest BCUT2D eigenvalue weighted by Crippen LogP contribution is -2.10. The minimum atomic E-state index is 0.827. The number of aryl methyl sites for hydroxylation is 1. The Bertz CT molecular complexity index is 448. The van der Waals surface area contributed by atoms with Crippen LogP contribution in [0, 0.1) is 6.92 Å². The number of rotatable bonds is 4. The molecule has 0 saturated carbocycles. The number of para-hydroxylation sites is 1. The average Bonchev–Trinajstić information content (AvgIpc) is 2.77. The van der Waals surface area contributed by atoms with E-state index in [1.807, 2.05) is 35.9 Å². The van der Waals surface area contributed by atoms with Crippen LogP contribution in [-0.2, 0) is 6.54 Å². The molecular formula is C12H16N4. The zero-order valence-electron chi connectivity index (χ0n) is 9.35. The minimum absolute atomic E-state index is 0.827. The Morgan fingerprint density at radius 3 is 3.06 bits per heavy atom. The van der Waals surface area contributed by atoms with Gasteiger partial charge in [0.05, 0.1) is 17.7 Å². The van der Waals surface area contributed by atoms with E-state index in [1.165, 1.54) is 0 Å². The Hall–Kier alpha value is -1.97. The van der Waals surface area contributed by atoms with E-state index in [0.717, 1.165) is 30.0 Å². The van der Waals surface area contributed by atoms with E-state index in [9.17, 15) is 0 Å². The molecule has 0 aliphatic carbocycles. The molecule has 0 amide bonds. The molecule has 0 bridgehead atoms. The Kier molecular flexibility index (Phi) is 3.10. The molecule has 4 heteroatoms. The predicted molar refractivity (Wildman–Crippen MR) is 66.3 cm³/mol. The summed E-state index contributed by atoms with van der Waals surface area (Å²) in [5, 5.41) is 3.32. The third-order valence-electron chi connectivity index (χ3n) is 2.57. The molecule has 2 aromatic rings. The molecule has 84 valence electrons. The van der Waals surface area contributed by atoms with E-state index in [2.05, 4.69) is 10.3 Å². The van der Waals surface area contributed by atoms with Crippen LogP contribution in [0.25, 0.3) is 0 Å². The van der Waals surface area contributed by atoms with Crippen molar-refractivity contribution in [1.29, 1.82) is 0 Å². The smallest absolute Gasteiger partial charge is 0.0946 e. The summed E-state index contributed by atoms with van der Waals surface area (Å²) in [6, 6.07) is 6.01. The van der Waals surface area contributed by atoms with Crippen molar-refractivity contribution in [2.45, 2.75) is 13.5 Å². The van der Waals surface area contributed by atoms with Gasteiger partial charge in [-0.2, -0.15) is 0 Å². The number of benzene rings is 1. The van der Waals surface area contributed by atoms with Gasteiger partial charge in [-0.05, 0) is 18.6 Å². The van der Waals surface area contributed by atoms with E-state index in [-0.39, 0.29) is 0 Å². The molecule has 2 rings (SSSR count). The van der Waals surface area contributed by atoms with Crippen molar-refractivity contribution < 1.29 is 0 Å². The lowest BCUT2D eigenvalue weighted by atomic mass is 10.2. The standard InChI is InChI=1S/C12H16N4/c1-10-3-2-4-11(12(10)13)15-6-8-16-7-5-14-9-16/h2-5,7,9,15H,6,8,13H2,1H3. The van der Waals surface area contributed by atoms with Crippen LogP contribution in [0.3, 0.4) is 0 Å². The highest BCUT2D eigenvalue weighted by Gasteiger charge is 1.99. The molecule has 1 aromatic carbocycles. The van der Waals surface area contributed by atoms with Crippen molar-refractivity contribution in [3.05, 3.63) is 42.5 Å². The molecule has 0 spiro atoms. The third kappa shape index (κ3) is 2.34. The van der Waals surface area contributed by atoms with Gasteiger partial charge in [-0.15, -0.1) is 0 Å². The van der Waals surface area contributed by atoms with Crippen LogP contribution in [0.5, 0.6) is 0 Å². The first-order valence-corrected chi connectivity index (χ1v) is 5.32. The van der Waals surface area contributed by atoms with Crippen LogP contribution < -0.4 is 11.1 Å². The molecule has 1 aromatic heterocycles. The summed E-state index contributed by atoms with van der Waals surface area (Å²) in [6.45, 7) is 3.73. The fourth-order valence-electron chi connectivity index (χ4n) is 1.57. The largest absolute Gasteiger partial charge is 0.397 e. The van der Waals surface area contributed by atoms with E-state index < -0.39 is 0 Å². The van der Waals surface area contributed by atoms with Crippen LogP contribution in [0.4, 0.5) is 11.4 Å². The summed E-state index contributed by atoms with van der Waals surface area (Å²) in [4.78, 5) is 3.99. The number of hydrogen-bond donors (Lipinski definition) is 2. The fourth-order valence-corrected chi connectivity index (χ4v) is 1.57. The molecule has 0 radical (unpaired) electrons. The molecule has 3 N–H and O–H groups in total. The normalized spacial score (nSPS) is 10.3. The lowest BCUT2D eigenvalue weighted by molar-refractivity contribution is 0.727. The third-order valence-corrected chi connectivity index (χ3v) is 2.57. The van der Waals surface area contributed by atoms with Crippen molar-refractivity contribution in [2.24, 2.45) is 0 Å². The quantitative estimate of drug-likeness (QED) is 0.767. The Morgan fingerprint density at radius 1 is 1.44 bits per heavy atom. The van der Waals surface area contributed by atoms with Crippen LogP contribution in [-0.4, -0.2) is 16.1 Å². The van der Waals surface area contributed by atoms with E-state index in [0.29, 0.717) is 0 Å². The summed E-state index contributed by atoms with van der Waals surface area (Å²) in [6.07, 6.45) is 5.53. The first kappa shape index (κ1) is 10.5. The average molecular weight is 216 g/mol. The van der Waals surface area contributed by atoms with Gasteiger partial charge in [0.25, 0.3) is 0 Å². The van der Waals surface area contributed by atoms with Crippen LogP contribution in [0.2, 0.25) is 0 Å². The highest BCUT2D eigenvalue weighted by molar-refractivity contribution is 5.69. The minimum Gasteiger partial charge on any atom is -0.397 e. The molecule has 16 heavy (non-hydrogen) atoms. The zero-order chi connectivity index (χ0) is 11.4. The number of nitrogens with zero attached hydrogens (tertiary/aromatic N) is 2.